The highest BCUT2D eigenvalue weighted by atomic mass is 19.1. The normalized spacial score (nSPS) is 13.8. The predicted octanol–water partition coefficient (Wildman–Crippen LogP) is 5.39. The van der Waals surface area contributed by atoms with Gasteiger partial charge in [0.05, 0.1) is 11.3 Å². The first-order valence-corrected chi connectivity index (χ1v) is 10.8. The Hall–Kier alpha value is -3.80. The lowest BCUT2D eigenvalue weighted by Crippen LogP contribution is -2.35. The topological polar surface area (TPSA) is 40.6 Å². The van der Waals surface area contributed by atoms with Gasteiger partial charge in [-0.15, -0.1) is 0 Å². The van der Waals surface area contributed by atoms with Crippen LogP contribution in [-0.2, 0) is 16.1 Å². The van der Waals surface area contributed by atoms with Gasteiger partial charge in [0.25, 0.3) is 11.8 Å². The van der Waals surface area contributed by atoms with E-state index < -0.39 is 29.1 Å². The molecule has 0 fully saturated rings. The second kappa shape index (κ2) is 8.98. The van der Waals surface area contributed by atoms with E-state index in [0.29, 0.717) is 18.7 Å². The van der Waals surface area contributed by atoms with Crippen molar-refractivity contribution in [3.8, 4) is 0 Å². The number of rotatable bonds is 6. The van der Waals surface area contributed by atoms with Crippen molar-refractivity contribution < 1.29 is 18.4 Å². The summed E-state index contributed by atoms with van der Waals surface area (Å²) in [5.74, 6) is -2.91. The molecule has 0 saturated heterocycles. The van der Waals surface area contributed by atoms with Crippen molar-refractivity contribution in [3.63, 3.8) is 0 Å². The number of carbonyl (C=O) groups is 2. The van der Waals surface area contributed by atoms with E-state index in [9.17, 15) is 18.4 Å². The third-order valence-electron chi connectivity index (χ3n) is 5.77. The number of amides is 2. The molecule has 0 radical (unpaired) electrons. The molecule has 0 N–H and O–H groups in total. The van der Waals surface area contributed by atoms with E-state index in [4.69, 9.17) is 0 Å². The van der Waals surface area contributed by atoms with E-state index >= 15 is 0 Å². The zero-order valence-electron chi connectivity index (χ0n) is 18.7. The van der Waals surface area contributed by atoms with Gasteiger partial charge in [-0.1, -0.05) is 54.1 Å². The molecule has 0 spiro atoms. The minimum atomic E-state index is -0.842. The van der Waals surface area contributed by atoms with Gasteiger partial charge >= 0.3 is 0 Å². The molecule has 3 aromatic carbocycles. The molecule has 3 aromatic rings. The zero-order chi connectivity index (χ0) is 23.7. The van der Waals surface area contributed by atoms with Gasteiger partial charge < -0.3 is 4.90 Å². The summed E-state index contributed by atoms with van der Waals surface area (Å²) in [5.41, 5.74) is 3.38. The van der Waals surface area contributed by atoms with Crippen molar-refractivity contribution in [2.24, 2.45) is 0 Å². The van der Waals surface area contributed by atoms with Crippen molar-refractivity contribution in [3.05, 3.63) is 106 Å². The maximum absolute atomic E-state index is 14.6. The number of hydrogen-bond acceptors (Lipinski definition) is 3. The summed E-state index contributed by atoms with van der Waals surface area (Å²) in [5, 5.41) is 0. The molecule has 1 aliphatic rings. The van der Waals surface area contributed by atoms with Gasteiger partial charge in [-0.3, -0.25) is 9.59 Å². The van der Waals surface area contributed by atoms with Crippen LogP contribution in [0.4, 0.5) is 14.5 Å². The van der Waals surface area contributed by atoms with Crippen molar-refractivity contribution in [2.75, 3.05) is 11.4 Å². The van der Waals surface area contributed by atoms with Crippen LogP contribution in [0.15, 0.2) is 72.4 Å². The Morgan fingerprint density at radius 1 is 0.879 bits per heavy atom. The lowest BCUT2D eigenvalue weighted by molar-refractivity contribution is -0.120. The van der Waals surface area contributed by atoms with Crippen molar-refractivity contribution >= 4 is 23.1 Å². The van der Waals surface area contributed by atoms with E-state index in [1.165, 1.54) is 0 Å². The fraction of sp³-hybridized carbons (Fsp3) is 0.185. The quantitative estimate of drug-likeness (QED) is 0.477. The summed E-state index contributed by atoms with van der Waals surface area (Å²) in [6, 6.07) is 17.9. The number of anilines is 1. The lowest BCUT2D eigenvalue weighted by Gasteiger charge is -2.25. The summed E-state index contributed by atoms with van der Waals surface area (Å²) < 4.78 is 28.6. The highest BCUT2D eigenvalue weighted by Gasteiger charge is 2.43. The largest absolute Gasteiger partial charge is 0.362 e. The van der Waals surface area contributed by atoms with Gasteiger partial charge in [0, 0.05) is 19.2 Å². The third-order valence-corrected chi connectivity index (χ3v) is 5.77. The van der Waals surface area contributed by atoms with Crippen LogP contribution in [0.25, 0.3) is 5.57 Å². The Labute approximate surface area is 191 Å². The van der Waals surface area contributed by atoms with Crippen LogP contribution in [0.1, 0.15) is 29.2 Å². The van der Waals surface area contributed by atoms with Crippen LogP contribution in [0.5, 0.6) is 0 Å². The molecule has 0 saturated carbocycles. The summed E-state index contributed by atoms with van der Waals surface area (Å²) in [4.78, 5) is 29.8. The molecule has 0 unspecified atom stereocenters. The molecule has 1 heterocycles. The van der Waals surface area contributed by atoms with Gasteiger partial charge in [-0.2, -0.15) is 0 Å². The second-order valence-electron chi connectivity index (χ2n) is 8.08. The van der Waals surface area contributed by atoms with Crippen LogP contribution in [0.2, 0.25) is 0 Å². The molecule has 0 atom stereocenters. The molecule has 33 heavy (non-hydrogen) atoms. The SMILES string of the molecule is CCN(Cc1ccccc1)C1=C(c2ccc(C)cc2C)C(=O)N(c2cc(F)ccc2F)C1=O. The molecule has 0 bridgehead atoms. The Morgan fingerprint density at radius 2 is 1.61 bits per heavy atom. The number of halogens is 2. The summed E-state index contributed by atoms with van der Waals surface area (Å²) in [6.07, 6.45) is 0. The number of hydrogen-bond donors (Lipinski definition) is 0. The van der Waals surface area contributed by atoms with Crippen molar-refractivity contribution in [1.82, 2.24) is 4.90 Å². The lowest BCUT2D eigenvalue weighted by atomic mass is 9.97. The van der Waals surface area contributed by atoms with Crippen molar-refractivity contribution in [1.29, 1.82) is 0 Å². The number of carbonyl (C=O) groups excluding carboxylic acids is 2. The molecule has 168 valence electrons. The summed E-state index contributed by atoms with van der Waals surface area (Å²) >= 11 is 0. The third kappa shape index (κ3) is 4.16. The van der Waals surface area contributed by atoms with E-state index in [-0.39, 0.29) is 11.3 Å². The Morgan fingerprint density at radius 3 is 2.27 bits per heavy atom. The Bertz CT molecular complexity index is 1270. The fourth-order valence-electron chi connectivity index (χ4n) is 4.18. The van der Waals surface area contributed by atoms with E-state index in [2.05, 4.69) is 0 Å². The first kappa shape index (κ1) is 22.4. The molecule has 4 rings (SSSR count). The van der Waals surface area contributed by atoms with Crippen molar-refractivity contribution in [2.45, 2.75) is 27.3 Å². The first-order valence-electron chi connectivity index (χ1n) is 10.8. The van der Waals surface area contributed by atoms with E-state index in [1.54, 1.807) is 11.0 Å². The maximum atomic E-state index is 14.6. The molecule has 0 aromatic heterocycles. The van der Waals surface area contributed by atoms with Crippen LogP contribution < -0.4 is 4.90 Å². The van der Waals surface area contributed by atoms with Gasteiger partial charge in [0.15, 0.2) is 0 Å². The number of likely N-dealkylation sites (N-methyl/N-ethyl adjacent to an activating group) is 1. The predicted molar refractivity (Wildman–Crippen MR) is 124 cm³/mol. The zero-order valence-corrected chi connectivity index (χ0v) is 18.7. The highest BCUT2D eigenvalue weighted by molar-refractivity contribution is 6.45. The molecule has 4 nitrogen and oxygen atoms in total. The molecule has 0 aliphatic carbocycles. The number of imide groups is 1. The average Bonchev–Trinajstić information content (AvgIpc) is 3.04. The van der Waals surface area contributed by atoms with Crippen LogP contribution in [0, 0.1) is 25.5 Å². The molecule has 6 heteroatoms. The minimum absolute atomic E-state index is 0.182. The second-order valence-corrected chi connectivity index (χ2v) is 8.08. The van der Waals surface area contributed by atoms with Crippen LogP contribution >= 0.6 is 0 Å². The maximum Gasteiger partial charge on any atom is 0.282 e. The number of benzene rings is 3. The standard InChI is InChI=1S/C27H24F2N2O2/c1-4-30(16-19-8-6-5-7-9-19)25-24(21-12-10-17(2)14-18(21)3)26(32)31(27(25)33)23-15-20(28)11-13-22(23)29/h5-15H,4,16H2,1-3H3. The number of aryl methyl sites for hydroxylation is 2. The summed E-state index contributed by atoms with van der Waals surface area (Å²) in [6.45, 7) is 6.52. The van der Waals surface area contributed by atoms with E-state index in [0.717, 1.165) is 39.8 Å². The minimum Gasteiger partial charge on any atom is -0.362 e. The smallest absolute Gasteiger partial charge is 0.282 e. The number of nitrogens with zero attached hydrogens (tertiary/aromatic N) is 2. The van der Waals surface area contributed by atoms with Gasteiger partial charge in [0.2, 0.25) is 0 Å². The fourth-order valence-corrected chi connectivity index (χ4v) is 4.18. The summed E-state index contributed by atoms with van der Waals surface area (Å²) in [7, 11) is 0. The molecule has 1 aliphatic heterocycles. The van der Waals surface area contributed by atoms with Gasteiger partial charge in [-0.05, 0) is 49.6 Å². The van der Waals surface area contributed by atoms with Crippen LogP contribution in [0.3, 0.4) is 0 Å². The highest BCUT2D eigenvalue weighted by Crippen LogP contribution is 2.37. The van der Waals surface area contributed by atoms with Gasteiger partial charge in [-0.25, -0.2) is 13.7 Å². The molecular weight excluding hydrogens is 422 g/mol. The van der Waals surface area contributed by atoms with Gasteiger partial charge in [0.1, 0.15) is 17.3 Å². The van der Waals surface area contributed by atoms with E-state index in [1.807, 2.05) is 63.2 Å². The Kier molecular flexibility index (Phi) is 6.09. The monoisotopic (exact) mass is 446 g/mol. The first-order chi connectivity index (χ1) is 15.8. The Balaban J connectivity index is 1.90. The molecular formula is C27H24F2N2O2. The molecule has 2 amide bonds. The average molecular weight is 446 g/mol. The van der Waals surface area contributed by atoms with Crippen LogP contribution in [-0.4, -0.2) is 23.3 Å².